The van der Waals surface area contributed by atoms with Gasteiger partial charge in [-0.3, -0.25) is 0 Å². The second-order valence-corrected chi connectivity index (χ2v) is 6.21. The van der Waals surface area contributed by atoms with E-state index < -0.39 is 0 Å². The minimum Gasteiger partial charge on any atom is -0.392 e. The normalized spacial score (nSPS) is 13.4. The van der Waals surface area contributed by atoms with Crippen molar-refractivity contribution < 1.29 is 5.11 Å². The topological polar surface area (TPSA) is 63.0 Å². The van der Waals surface area contributed by atoms with Gasteiger partial charge in [-0.25, -0.2) is 9.67 Å². The van der Waals surface area contributed by atoms with Gasteiger partial charge in [0, 0.05) is 30.7 Å². The largest absolute Gasteiger partial charge is 0.392 e. The van der Waals surface area contributed by atoms with E-state index in [2.05, 4.69) is 49.2 Å². The predicted octanol–water partition coefficient (Wildman–Crippen LogP) is 2.90. The van der Waals surface area contributed by atoms with Crippen molar-refractivity contribution >= 4 is 11.0 Å². The Morgan fingerprint density at radius 1 is 1.23 bits per heavy atom. The number of nitrogens with zero attached hydrogens (tertiary/aromatic N) is 3. The van der Waals surface area contributed by atoms with E-state index in [-0.39, 0.29) is 6.10 Å². The predicted molar refractivity (Wildman–Crippen MR) is 89.7 cm³/mol. The average molecular weight is 304 g/mol. The summed E-state index contributed by atoms with van der Waals surface area (Å²) in [4.78, 5) is 4.53. The Kier molecular flexibility index (Phi) is 5.91. The van der Waals surface area contributed by atoms with E-state index in [1.54, 1.807) is 0 Å². The zero-order valence-corrected chi connectivity index (χ0v) is 14.1. The van der Waals surface area contributed by atoms with E-state index in [9.17, 15) is 5.11 Å². The number of fused-ring (bicyclic) bond motifs is 1. The zero-order chi connectivity index (χ0) is 16.1. The first-order valence-electron chi connectivity index (χ1n) is 8.27. The SMILES string of the molecule is CCC(CC)C(O)CNCc1cnc2c(cnn2C(C)C)c1. The Bertz CT molecular complexity index is 589. The molecule has 0 saturated heterocycles. The molecule has 22 heavy (non-hydrogen) atoms. The fourth-order valence-corrected chi connectivity index (χ4v) is 2.82. The van der Waals surface area contributed by atoms with Gasteiger partial charge in [0.25, 0.3) is 0 Å². The van der Waals surface area contributed by atoms with Crippen molar-refractivity contribution in [2.24, 2.45) is 5.92 Å². The second-order valence-electron chi connectivity index (χ2n) is 6.21. The van der Waals surface area contributed by atoms with Gasteiger partial charge in [0.2, 0.25) is 0 Å². The highest BCUT2D eigenvalue weighted by Crippen LogP contribution is 2.17. The number of aliphatic hydroxyl groups is 1. The second kappa shape index (κ2) is 7.70. The Hall–Kier alpha value is -1.46. The fraction of sp³-hybridized carbons (Fsp3) is 0.647. The van der Waals surface area contributed by atoms with Gasteiger partial charge < -0.3 is 10.4 Å². The lowest BCUT2D eigenvalue weighted by Crippen LogP contribution is -2.32. The lowest BCUT2D eigenvalue weighted by molar-refractivity contribution is 0.101. The Labute approximate surface area is 132 Å². The summed E-state index contributed by atoms with van der Waals surface area (Å²) in [5.41, 5.74) is 2.04. The number of hydrogen-bond donors (Lipinski definition) is 2. The number of hydrogen-bond acceptors (Lipinski definition) is 4. The molecule has 0 bridgehead atoms. The standard InChI is InChI=1S/C17H28N4O/c1-5-14(6-2)16(22)11-18-8-13-7-15-10-20-21(12(3)4)17(15)19-9-13/h7,9-10,12,14,16,18,22H,5-6,8,11H2,1-4H3. The smallest absolute Gasteiger partial charge is 0.157 e. The van der Waals surface area contributed by atoms with Crippen LogP contribution < -0.4 is 5.32 Å². The molecule has 0 aliphatic heterocycles. The van der Waals surface area contributed by atoms with Gasteiger partial charge in [-0.2, -0.15) is 5.10 Å². The van der Waals surface area contributed by atoms with Crippen molar-refractivity contribution in [3.05, 3.63) is 24.0 Å². The Balaban J connectivity index is 1.95. The zero-order valence-electron chi connectivity index (χ0n) is 14.1. The minimum atomic E-state index is -0.282. The van der Waals surface area contributed by atoms with E-state index in [0.717, 1.165) is 29.4 Å². The van der Waals surface area contributed by atoms with Gasteiger partial charge >= 0.3 is 0 Å². The van der Waals surface area contributed by atoms with Crippen LogP contribution in [0.1, 0.15) is 52.1 Å². The molecule has 0 saturated carbocycles. The van der Waals surface area contributed by atoms with E-state index >= 15 is 0 Å². The van der Waals surface area contributed by atoms with Gasteiger partial charge in [0.15, 0.2) is 5.65 Å². The van der Waals surface area contributed by atoms with Crippen molar-refractivity contribution in [3.8, 4) is 0 Å². The van der Waals surface area contributed by atoms with Gasteiger partial charge in [-0.15, -0.1) is 0 Å². The summed E-state index contributed by atoms with van der Waals surface area (Å²) >= 11 is 0. The summed E-state index contributed by atoms with van der Waals surface area (Å²) in [6.07, 6.45) is 5.50. The first-order chi connectivity index (χ1) is 10.6. The minimum absolute atomic E-state index is 0.282. The molecule has 1 unspecified atom stereocenters. The highest BCUT2D eigenvalue weighted by Gasteiger charge is 2.14. The van der Waals surface area contributed by atoms with Crippen molar-refractivity contribution in [3.63, 3.8) is 0 Å². The van der Waals surface area contributed by atoms with Crippen molar-refractivity contribution in [1.29, 1.82) is 0 Å². The summed E-state index contributed by atoms with van der Waals surface area (Å²) < 4.78 is 1.93. The summed E-state index contributed by atoms with van der Waals surface area (Å²) in [6, 6.07) is 2.43. The van der Waals surface area contributed by atoms with Crippen LogP contribution in [0.5, 0.6) is 0 Å². The van der Waals surface area contributed by atoms with Crippen LogP contribution in [0.4, 0.5) is 0 Å². The van der Waals surface area contributed by atoms with E-state index in [1.807, 2.05) is 17.1 Å². The van der Waals surface area contributed by atoms with Crippen LogP contribution in [-0.2, 0) is 6.54 Å². The van der Waals surface area contributed by atoms with E-state index in [0.29, 0.717) is 25.0 Å². The van der Waals surface area contributed by atoms with Crippen LogP contribution in [0.15, 0.2) is 18.5 Å². The number of aromatic nitrogens is 3. The third kappa shape index (κ3) is 3.84. The first-order valence-corrected chi connectivity index (χ1v) is 8.27. The van der Waals surface area contributed by atoms with E-state index in [4.69, 9.17) is 0 Å². The van der Waals surface area contributed by atoms with Crippen molar-refractivity contribution in [2.75, 3.05) is 6.54 Å². The highest BCUT2D eigenvalue weighted by atomic mass is 16.3. The third-order valence-corrected chi connectivity index (χ3v) is 4.25. The Morgan fingerprint density at radius 2 is 1.95 bits per heavy atom. The van der Waals surface area contributed by atoms with Crippen molar-refractivity contribution in [2.45, 2.75) is 59.2 Å². The highest BCUT2D eigenvalue weighted by molar-refractivity contribution is 5.75. The molecular formula is C17H28N4O. The van der Waals surface area contributed by atoms with Gasteiger partial charge in [0.05, 0.1) is 12.3 Å². The van der Waals surface area contributed by atoms with Gasteiger partial charge in [-0.1, -0.05) is 26.7 Å². The first kappa shape index (κ1) is 16.9. The fourth-order valence-electron chi connectivity index (χ4n) is 2.82. The molecule has 2 aromatic heterocycles. The van der Waals surface area contributed by atoms with Crippen LogP contribution in [0, 0.1) is 5.92 Å². The quantitative estimate of drug-likeness (QED) is 0.787. The summed E-state index contributed by atoms with van der Waals surface area (Å²) in [6.45, 7) is 9.79. The molecule has 1 atom stereocenters. The van der Waals surface area contributed by atoms with E-state index in [1.165, 1.54) is 0 Å². The summed E-state index contributed by atoms with van der Waals surface area (Å²) in [7, 11) is 0. The molecule has 2 aromatic rings. The van der Waals surface area contributed by atoms with Crippen LogP contribution in [-0.4, -0.2) is 32.5 Å². The molecule has 2 N–H and O–H groups in total. The molecule has 5 nitrogen and oxygen atoms in total. The lowest BCUT2D eigenvalue weighted by atomic mass is 9.96. The maximum Gasteiger partial charge on any atom is 0.157 e. The molecule has 5 heteroatoms. The molecule has 2 heterocycles. The molecule has 0 aromatic carbocycles. The monoisotopic (exact) mass is 304 g/mol. The molecule has 0 amide bonds. The molecule has 0 aliphatic carbocycles. The molecule has 0 fully saturated rings. The van der Waals surface area contributed by atoms with Crippen LogP contribution in [0.2, 0.25) is 0 Å². The molecule has 0 aliphatic rings. The molecule has 122 valence electrons. The molecule has 2 rings (SSSR count). The number of aliphatic hydroxyl groups excluding tert-OH is 1. The molecular weight excluding hydrogens is 276 g/mol. The van der Waals surface area contributed by atoms with Gasteiger partial charge in [0.1, 0.15) is 0 Å². The van der Waals surface area contributed by atoms with Crippen LogP contribution in [0.25, 0.3) is 11.0 Å². The van der Waals surface area contributed by atoms with Crippen LogP contribution >= 0.6 is 0 Å². The van der Waals surface area contributed by atoms with Crippen molar-refractivity contribution in [1.82, 2.24) is 20.1 Å². The third-order valence-electron chi connectivity index (χ3n) is 4.25. The molecule has 0 spiro atoms. The van der Waals surface area contributed by atoms with Gasteiger partial charge in [-0.05, 0) is 31.4 Å². The Morgan fingerprint density at radius 3 is 2.59 bits per heavy atom. The summed E-state index contributed by atoms with van der Waals surface area (Å²) in [5, 5.41) is 18.9. The number of rotatable bonds is 8. The summed E-state index contributed by atoms with van der Waals surface area (Å²) in [5.74, 6) is 0.373. The number of pyridine rings is 1. The maximum atomic E-state index is 10.1. The lowest BCUT2D eigenvalue weighted by Gasteiger charge is -2.20. The average Bonchev–Trinajstić information content (AvgIpc) is 2.91. The molecule has 0 radical (unpaired) electrons. The number of nitrogens with one attached hydrogen (secondary N) is 1. The maximum absolute atomic E-state index is 10.1. The van der Waals surface area contributed by atoms with Crippen LogP contribution in [0.3, 0.4) is 0 Å².